The molecule has 1 atom stereocenters. The summed E-state index contributed by atoms with van der Waals surface area (Å²) in [6.45, 7) is 1.77. The Hall–Kier alpha value is -2.36. The summed E-state index contributed by atoms with van der Waals surface area (Å²) in [5.41, 5.74) is 0.883. The van der Waals surface area contributed by atoms with Gasteiger partial charge in [-0.1, -0.05) is 25.1 Å². The quantitative estimate of drug-likeness (QED) is 0.882. The summed E-state index contributed by atoms with van der Waals surface area (Å²) < 4.78 is 27.0. The third kappa shape index (κ3) is 3.89. The van der Waals surface area contributed by atoms with Crippen LogP contribution in [0, 0.1) is 11.3 Å². The summed E-state index contributed by atoms with van der Waals surface area (Å²) in [4.78, 5) is 0.0867. The second-order valence-corrected chi connectivity index (χ2v) is 6.93. The minimum Gasteiger partial charge on any atom is -0.391 e. The molecule has 0 aliphatic heterocycles. The highest BCUT2D eigenvalue weighted by Crippen LogP contribution is 2.24. The number of aliphatic hydroxyl groups is 1. The molecule has 2 aromatic carbocycles. The lowest BCUT2D eigenvalue weighted by Gasteiger charge is -2.26. The lowest BCUT2D eigenvalue weighted by molar-refractivity contribution is 0.179. The van der Waals surface area contributed by atoms with E-state index in [9.17, 15) is 13.5 Å². The molecule has 2 rings (SSSR count). The number of para-hydroxylation sites is 1. The summed E-state index contributed by atoms with van der Waals surface area (Å²) >= 11 is 0. The Labute approximate surface area is 136 Å². The van der Waals surface area contributed by atoms with E-state index >= 15 is 0 Å². The van der Waals surface area contributed by atoms with Crippen LogP contribution in [0.2, 0.25) is 0 Å². The lowest BCUT2D eigenvalue weighted by atomic mass is 10.2. The Balaban J connectivity index is 2.46. The van der Waals surface area contributed by atoms with Crippen LogP contribution in [0.1, 0.15) is 18.9 Å². The van der Waals surface area contributed by atoms with Crippen molar-refractivity contribution >= 4 is 15.7 Å². The van der Waals surface area contributed by atoms with Crippen molar-refractivity contribution < 1.29 is 13.5 Å². The van der Waals surface area contributed by atoms with Gasteiger partial charge in [0.05, 0.1) is 34.9 Å². The first-order valence-corrected chi connectivity index (χ1v) is 8.69. The molecule has 0 heterocycles. The smallest absolute Gasteiger partial charge is 0.264 e. The molecule has 0 bridgehead atoms. The van der Waals surface area contributed by atoms with E-state index in [1.807, 2.05) is 6.07 Å². The van der Waals surface area contributed by atoms with E-state index in [-0.39, 0.29) is 11.4 Å². The summed E-state index contributed by atoms with van der Waals surface area (Å²) in [5.74, 6) is 0. The van der Waals surface area contributed by atoms with E-state index in [2.05, 4.69) is 0 Å². The summed E-state index contributed by atoms with van der Waals surface area (Å²) in [5, 5.41) is 18.8. The second kappa shape index (κ2) is 7.27. The van der Waals surface area contributed by atoms with Crippen LogP contribution in [0.3, 0.4) is 0 Å². The zero-order valence-corrected chi connectivity index (χ0v) is 13.6. The van der Waals surface area contributed by atoms with Gasteiger partial charge in [-0.25, -0.2) is 8.42 Å². The van der Waals surface area contributed by atoms with Gasteiger partial charge in [-0.2, -0.15) is 5.26 Å². The summed E-state index contributed by atoms with van der Waals surface area (Å²) in [7, 11) is -3.82. The van der Waals surface area contributed by atoms with Gasteiger partial charge in [0, 0.05) is 0 Å². The maximum absolute atomic E-state index is 12.9. The van der Waals surface area contributed by atoms with Gasteiger partial charge in [-0.05, 0) is 42.8 Å². The Morgan fingerprint density at radius 1 is 1.13 bits per heavy atom. The van der Waals surface area contributed by atoms with Gasteiger partial charge in [0.25, 0.3) is 10.0 Å². The monoisotopic (exact) mass is 330 g/mol. The molecule has 0 aliphatic rings. The van der Waals surface area contributed by atoms with E-state index in [0.717, 1.165) is 0 Å². The third-order valence-corrected chi connectivity index (χ3v) is 5.27. The van der Waals surface area contributed by atoms with Gasteiger partial charge in [0.1, 0.15) is 0 Å². The van der Waals surface area contributed by atoms with Gasteiger partial charge < -0.3 is 5.11 Å². The molecule has 0 aliphatic carbocycles. The molecule has 120 valence electrons. The fourth-order valence-corrected chi connectivity index (χ4v) is 3.59. The van der Waals surface area contributed by atoms with E-state index in [4.69, 9.17) is 5.26 Å². The molecule has 0 radical (unpaired) electrons. The predicted molar refractivity (Wildman–Crippen MR) is 88.4 cm³/mol. The first kappa shape index (κ1) is 17.0. The molecule has 0 fully saturated rings. The highest BCUT2D eigenvalue weighted by atomic mass is 32.2. The Kier molecular flexibility index (Phi) is 5.37. The van der Waals surface area contributed by atoms with Gasteiger partial charge in [-0.15, -0.1) is 0 Å². The first-order valence-electron chi connectivity index (χ1n) is 7.25. The molecule has 0 spiro atoms. The summed E-state index contributed by atoms with van der Waals surface area (Å²) in [6.07, 6.45) is -0.310. The number of aliphatic hydroxyl groups excluding tert-OH is 1. The molecule has 0 saturated heterocycles. The van der Waals surface area contributed by atoms with Gasteiger partial charge >= 0.3 is 0 Å². The van der Waals surface area contributed by atoms with Crippen molar-refractivity contribution in [3.05, 3.63) is 60.2 Å². The highest BCUT2D eigenvalue weighted by molar-refractivity contribution is 7.92. The van der Waals surface area contributed by atoms with E-state index in [1.54, 1.807) is 37.3 Å². The molecule has 6 heteroatoms. The number of anilines is 1. The van der Waals surface area contributed by atoms with Crippen LogP contribution in [0.4, 0.5) is 5.69 Å². The van der Waals surface area contributed by atoms with Gasteiger partial charge in [-0.3, -0.25) is 4.31 Å². The van der Waals surface area contributed by atoms with E-state index < -0.39 is 16.1 Å². The predicted octanol–water partition coefficient (Wildman–Crippen LogP) is 2.52. The van der Waals surface area contributed by atoms with Crippen LogP contribution in [0.25, 0.3) is 0 Å². The van der Waals surface area contributed by atoms with Crippen molar-refractivity contribution in [3.8, 4) is 6.07 Å². The van der Waals surface area contributed by atoms with Gasteiger partial charge in [0.15, 0.2) is 0 Å². The molecule has 0 amide bonds. The Morgan fingerprint density at radius 2 is 1.74 bits per heavy atom. The average molecular weight is 330 g/mol. The molecular weight excluding hydrogens is 312 g/mol. The minimum atomic E-state index is -3.82. The minimum absolute atomic E-state index is 0.0250. The number of hydrogen-bond donors (Lipinski definition) is 1. The van der Waals surface area contributed by atoms with Crippen LogP contribution < -0.4 is 4.31 Å². The fourth-order valence-electron chi connectivity index (χ4n) is 2.09. The third-order valence-electron chi connectivity index (χ3n) is 3.46. The van der Waals surface area contributed by atoms with Crippen LogP contribution in [-0.2, 0) is 10.0 Å². The normalized spacial score (nSPS) is 12.4. The number of benzene rings is 2. The molecule has 0 aromatic heterocycles. The van der Waals surface area contributed by atoms with Crippen LogP contribution >= 0.6 is 0 Å². The van der Waals surface area contributed by atoms with Crippen molar-refractivity contribution in [2.75, 3.05) is 10.8 Å². The van der Waals surface area contributed by atoms with E-state index in [1.165, 1.54) is 28.6 Å². The second-order valence-electron chi connectivity index (χ2n) is 5.07. The number of sulfonamides is 1. The molecule has 1 N–H and O–H groups in total. The Bertz CT molecular complexity index is 781. The Morgan fingerprint density at radius 3 is 2.26 bits per heavy atom. The first-order chi connectivity index (χ1) is 11.0. The molecule has 5 nitrogen and oxygen atoms in total. The molecule has 2 aromatic rings. The molecule has 23 heavy (non-hydrogen) atoms. The zero-order valence-electron chi connectivity index (χ0n) is 12.8. The maximum Gasteiger partial charge on any atom is 0.264 e. The van der Waals surface area contributed by atoms with Crippen molar-refractivity contribution in [1.82, 2.24) is 0 Å². The zero-order chi connectivity index (χ0) is 16.9. The fraction of sp³-hybridized carbons (Fsp3) is 0.235. The lowest BCUT2D eigenvalue weighted by Crippen LogP contribution is -2.37. The van der Waals surface area contributed by atoms with Crippen molar-refractivity contribution in [2.45, 2.75) is 24.3 Å². The van der Waals surface area contributed by atoms with Crippen molar-refractivity contribution in [2.24, 2.45) is 0 Å². The largest absolute Gasteiger partial charge is 0.391 e. The number of rotatable bonds is 6. The van der Waals surface area contributed by atoms with Crippen molar-refractivity contribution in [1.29, 1.82) is 5.26 Å². The number of nitriles is 1. The molecular formula is C17H18N2O3S. The highest BCUT2D eigenvalue weighted by Gasteiger charge is 2.26. The van der Waals surface area contributed by atoms with E-state index in [0.29, 0.717) is 17.7 Å². The average Bonchev–Trinajstić information content (AvgIpc) is 2.60. The molecule has 0 unspecified atom stereocenters. The van der Waals surface area contributed by atoms with Crippen LogP contribution in [0.5, 0.6) is 0 Å². The number of hydrogen-bond acceptors (Lipinski definition) is 4. The topological polar surface area (TPSA) is 81.4 Å². The van der Waals surface area contributed by atoms with Gasteiger partial charge in [0.2, 0.25) is 0 Å². The number of nitrogens with zero attached hydrogens (tertiary/aromatic N) is 2. The van der Waals surface area contributed by atoms with Crippen molar-refractivity contribution in [3.63, 3.8) is 0 Å². The maximum atomic E-state index is 12.9. The van der Waals surface area contributed by atoms with Crippen LogP contribution in [0.15, 0.2) is 59.5 Å². The SMILES string of the molecule is CC[C@@H](O)CN(c1ccccc1)S(=O)(=O)c1ccc(C#N)cc1. The summed E-state index contributed by atoms with van der Waals surface area (Å²) in [6, 6.07) is 16.4. The molecule has 0 saturated carbocycles. The van der Waals surface area contributed by atoms with Crippen LogP contribution in [-0.4, -0.2) is 26.2 Å². The standard InChI is InChI=1S/C17H18N2O3S/c1-2-16(20)13-19(15-6-4-3-5-7-15)23(21,22)17-10-8-14(12-18)9-11-17/h3-11,16,20H,2,13H2,1H3/t16-/m1/s1.